The molecule has 0 saturated heterocycles. The molecule has 0 aliphatic carbocycles. The molecule has 0 unspecified atom stereocenters. The van der Waals surface area contributed by atoms with Gasteiger partial charge in [-0.3, -0.25) is 0 Å². The third-order valence-electron chi connectivity index (χ3n) is 3.98. The van der Waals surface area contributed by atoms with Gasteiger partial charge < -0.3 is 4.74 Å². The second kappa shape index (κ2) is 5.30. The molecule has 0 atom stereocenters. The quantitative estimate of drug-likeness (QED) is 0.688. The second-order valence-electron chi connectivity index (χ2n) is 5.58. The Balaban J connectivity index is 1.93. The van der Waals surface area contributed by atoms with E-state index in [0.717, 1.165) is 41.2 Å². The van der Waals surface area contributed by atoms with Gasteiger partial charge in [-0.15, -0.1) is 5.10 Å². The summed E-state index contributed by atoms with van der Waals surface area (Å²) in [5.74, 6) is 0.902. The summed E-state index contributed by atoms with van der Waals surface area (Å²) in [7, 11) is 0. The maximum absolute atomic E-state index is 5.90. The molecule has 0 radical (unpaired) electrons. The first-order valence-corrected chi connectivity index (χ1v) is 7.57. The lowest BCUT2D eigenvalue weighted by Crippen LogP contribution is -2.07. The van der Waals surface area contributed by atoms with Gasteiger partial charge in [-0.25, -0.2) is 4.68 Å². The van der Waals surface area contributed by atoms with Crippen molar-refractivity contribution in [2.75, 3.05) is 6.61 Å². The molecule has 22 heavy (non-hydrogen) atoms. The highest BCUT2D eigenvalue weighted by molar-refractivity contribution is 5.71. The van der Waals surface area contributed by atoms with Crippen LogP contribution in [0.15, 0.2) is 48.5 Å². The number of aryl methyl sites for hydroxylation is 2. The Morgan fingerprint density at radius 2 is 1.86 bits per heavy atom. The number of benzene rings is 2. The Kier molecular flexibility index (Phi) is 3.15. The molecule has 0 saturated carbocycles. The topological polar surface area (TPSA) is 39.9 Å². The first-order valence-electron chi connectivity index (χ1n) is 7.57. The number of hydrogen-bond acceptors (Lipinski definition) is 3. The van der Waals surface area contributed by atoms with E-state index in [-0.39, 0.29) is 0 Å². The van der Waals surface area contributed by atoms with Gasteiger partial charge >= 0.3 is 0 Å². The fraction of sp³-hybridized carbons (Fsp3) is 0.222. The van der Waals surface area contributed by atoms with Gasteiger partial charge in [0.05, 0.1) is 18.0 Å². The van der Waals surface area contributed by atoms with Crippen LogP contribution in [0.1, 0.15) is 17.7 Å². The van der Waals surface area contributed by atoms with Gasteiger partial charge in [0.1, 0.15) is 11.4 Å². The SMILES string of the molecule is Cc1ccc(-n2nnc3c2-c2ccccc2OCCC3)cc1. The molecular weight excluding hydrogens is 274 g/mol. The van der Waals surface area contributed by atoms with Crippen LogP contribution in [0.3, 0.4) is 0 Å². The largest absolute Gasteiger partial charge is 0.493 e. The van der Waals surface area contributed by atoms with E-state index in [1.54, 1.807) is 0 Å². The maximum Gasteiger partial charge on any atom is 0.128 e. The molecule has 1 aromatic heterocycles. The van der Waals surface area contributed by atoms with Crippen LogP contribution in [-0.4, -0.2) is 21.6 Å². The summed E-state index contributed by atoms with van der Waals surface area (Å²) in [4.78, 5) is 0. The number of hydrogen-bond donors (Lipinski definition) is 0. The Morgan fingerprint density at radius 1 is 1.05 bits per heavy atom. The van der Waals surface area contributed by atoms with E-state index < -0.39 is 0 Å². The maximum atomic E-state index is 5.90. The lowest BCUT2D eigenvalue weighted by atomic mass is 10.0. The van der Waals surface area contributed by atoms with Crippen molar-refractivity contribution in [3.63, 3.8) is 0 Å². The van der Waals surface area contributed by atoms with Gasteiger partial charge in [0.2, 0.25) is 0 Å². The van der Waals surface area contributed by atoms with Gasteiger partial charge in [-0.1, -0.05) is 35.0 Å². The van der Waals surface area contributed by atoms with Crippen LogP contribution in [0.2, 0.25) is 0 Å². The highest BCUT2D eigenvalue weighted by Crippen LogP contribution is 2.35. The van der Waals surface area contributed by atoms with Gasteiger partial charge in [0, 0.05) is 5.56 Å². The van der Waals surface area contributed by atoms with Crippen molar-refractivity contribution in [3.05, 3.63) is 59.8 Å². The summed E-state index contributed by atoms with van der Waals surface area (Å²) in [5, 5.41) is 8.80. The fourth-order valence-electron chi connectivity index (χ4n) is 2.83. The van der Waals surface area contributed by atoms with E-state index in [1.807, 2.05) is 22.9 Å². The summed E-state index contributed by atoms with van der Waals surface area (Å²) >= 11 is 0. The van der Waals surface area contributed by atoms with E-state index in [9.17, 15) is 0 Å². The second-order valence-corrected chi connectivity index (χ2v) is 5.58. The number of nitrogens with zero attached hydrogens (tertiary/aromatic N) is 3. The number of para-hydroxylation sites is 1. The number of ether oxygens (including phenoxy) is 1. The van der Waals surface area contributed by atoms with E-state index >= 15 is 0 Å². The van der Waals surface area contributed by atoms with Crippen molar-refractivity contribution >= 4 is 0 Å². The lowest BCUT2D eigenvalue weighted by Gasteiger charge is -2.16. The molecule has 4 rings (SSSR count). The van der Waals surface area contributed by atoms with Gasteiger partial charge in [-0.05, 0) is 44.0 Å². The van der Waals surface area contributed by atoms with Crippen molar-refractivity contribution in [3.8, 4) is 22.7 Å². The van der Waals surface area contributed by atoms with Crippen LogP contribution in [-0.2, 0) is 6.42 Å². The molecule has 110 valence electrons. The van der Waals surface area contributed by atoms with Crippen molar-refractivity contribution < 1.29 is 4.74 Å². The summed E-state index contributed by atoms with van der Waals surface area (Å²) in [5.41, 5.74) is 5.39. The molecule has 0 spiro atoms. The first kappa shape index (κ1) is 13.1. The van der Waals surface area contributed by atoms with Gasteiger partial charge in [0.25, 0.3) is 0 Å². The molecule has 0 N–H and O–H groups in total. The average molecular weight is 291 g/mol. The van der Waals surface area contributed by atoms with Crippen molar-refractivity contribution in [2.24, 2.45) is 0 Å². The Labute approximate surface area is 129 Å². The minimum absolute atomic E-state index is 0.716. The Hall–Kier alpha value is -2.62. The molecule has 0 fully saturated rings. The number of rotatable bonds is 1. The lowest BCUT2D eigenvalue weighted by molar-refractivity contribution is 0.310. The molecule has 0 bridgehead atoms. The predicted octanol–water partition coefficient (Wildman–Crippen LogP) is 3.57. The van der Waals surface area contributed by atoms with Crippen molar-refractivity contribution in [1.82, 2.24) is 15.0 Å². The summed E-state index contributed by atoms with van der Waals surface area (Å²) < 4.78 is 7.81. The Morgan fingerprint density at radius 3 is 2.73 bits per heavy atom. The van der Waals surface area contributed by atoms with E-state index in [0.29, 0.717) is 6.61 Å². The van der Waals surface area contributed by atoms with Gasteiger partial charge in [0.15, 0.2) is 0 Å². The molecule has 4 nitrogen and oxygen atoms in total. The van der Waals surface area contributed by atoms with E-state index in [1.165, 1.54) is 5.56 Å². The molecule has 1 aliphatic rings. The summed E-state index contributed by atoms with van der Waals surface area (Å²) in [6.07, 6.45) is 1.84. The third kappa shape index (κ3) is 2.17. The standard InChI is InChI=1S/C18H17N3O/c1-13-8-10-14(11-9-13)21-18-15-5-2-3-7-17(15)22-12-4-6-16(18)19-20-21/h2-3,5,7-11H,4,6,12H2,1H3. The number of aromatic nitrogens is 3. The van der Waals surface area contributed by atoms with Crippen LogP contribution in [0.5, 0.6) is 5.75 Å². The molecule has 2 aromatic carbocycles. The van der Waals surface area contributed by atoms with Crippen LogP contribution in [0.4, 0.5) is 0 Å². The molecule has 3 aromatic rings. The van der Waals surface area contributed by atoms with Crippen molar-refractivity contribution in [1.29, 1.82) is 0 Å². The third-order valence-corrected chi connectivity index (χ3v) is 3.98. The summed E-state index contributed by atoms with van der Waals surface area (Å²) in [6.45, 7) is 2.80. The average Bonchev–Trinajstić information content (AvgIpc) is 2.93. The zero-order chi connectivity index (χ0) is 14.9. The predicted molar refractivity (Wildman–Crippen MR) is 85.3 cm³/mol. The van der Waals surface area contributed by atoms with Crippen LogP contribution >= 0.6 is 0 Å². The number of fused-ring (bicyclic) bond motifs is 3. The molecule has 4 heteroatoms. The molecule has 2 heterocycles. The molecular formula is C18H17N3O. The zero-order valence-electron chi connectivity index (χ0n) is 12.5. The smallest absolute Gasteiger partial charge is 0.128 e. The fourth-order valence-corrected chi connectivity index (χ4v) is 2.83. The van der Waals surface area contributed by atoms with E-state index in [2.05, 4.69) is 47.6 Å². The van der Waals surface area contributed by atoms with Crippen LogP contribution < -0.4 is 4.74 Å². The highest BCUT2D eigenvalue weighted by Gasteiger charge is 2.21. The zero-order valence-corrected chi connectivity index (χ0v) is 12.5. The highest BCUT2D eigenvalue weighted by atomic mass is 16.5. The van der Waals surface area contributed by atoms with Gasteiger partial charge in [-0.2, -0.15) is 0 Å². The monoisotopic (exact) mass is 291 g/mol. The Bertz CT molecular complexity index is 805. The molecule has 1 aliphatic heterocycles. The van der Waals surface area contributed by atoms with Crippen molar-refractivity contribution in [2.45, 2.75) is 19.8 Å². The minimum Gasteiger partial charge on any atom is -0.493 e. The minimum atomic E-state index is 0.716. The van der Waals surface area contributed by atoms with Crippen LogP contribution in [0.25, 0.3) is 16.9 Å². The first-order chi connectivity index (χ1) is 10.8. The van der Waals surface area contributed by atoms with E-state index in [4.69, 9.17) is 4.74 Å². The molecule has 0 amide bonds. The van der Waals surface area contributed by atoms with Crippen LogP contribution in [0, 0.1) is 6.92 Å². The normalized spacial score (nSPS) is 13.5. The summed E-state index contributed by atoms with van der Waals surface area (Å²) in [6, 6.07) is 16.5.